The Hall–Kier alpha value is -2.08. The molecule has 3 rings (SSSR count). The van der Waals surface area contributed by atoms with Crippen molar-refractivity contribution in [2.45, 2.75) is 44.9 Å². The number of esters is 1. The predicted molar refractivity (Wildman–Crippen MR) is 94.7 cm³/mol. The summed E-state index contributed by atoms with van der Waals surface area (Å²) >= 11 is 0. The summed E-state index contributed by atoms with van der Waals surface area (Å²) in [5.41, 5.74) is 1.69. The molecule has 1 aromatic rings. The second kappa shape index (κ2) is 8.08. The van der Waals surface area contributed by atoms with Gasteiger partial charge in [0.05, 0.1) is 25.0 Å². The number of hydrogen-bond acceptors (Lipinski definition) is 5. The van der Waals surface area contributed by atoms with Crippen LogP contribution < -0.4 is 10.2 Å². The first-order chi connectivity index (χ1) is 12.6. The van der Waals surface area contributed by atoms with Crippen LogP contribution in [-0.4, -0.2) is 30.8 Å². The summed E-state index contributed by atoms with van der Waals surface area (Å²) in [4.78, 5) is 23.9. The first kappa shape index (κ1) is 18.7. The van der Waals surface area contributed by atoms with Crippen LogP contribution in [0.25, 0.3) is 0 Å². The number of nitrogens with one attached hydrogen (secondary N) is 1. The summed E-state index contributed by atoms with van der Waals surface area (Å²) < 4.78 is 10.8. The minimum absolute atomic E-state index is 0.381. The number of amides is 1. The fraction of sp³-hybridized carbons (Fsp3) is 0.600. The molecule has 0 unspecified atom stereocenters. The van der Waals surface area contributed by atoms with Gasteiger partial charge in [-0.1, -0.05) is 31.4 Å². The van der Waals surface area contributed by atoms with Crippen molar-refractivity contribution in [2.24, 2.45) is 17.3 Å². The van der Waals surface area contributed by atoms with Crippen molar-refractivity contribution in [1.82, 2.24) is 5.48 Å². The molecule has 2 atom stereocenters. The molecule has 1 amide bonds. The molecular formula is C20H27NO5. The third-order valence-corrected chi connectivity index (χ3v) is 5.75. The zero-order valence-corrected chi connectivity index (χ0v) is 15.2. The average molecular weight is 361 g/mol. The predicted octanol–water partition coefficient (Wildman–Crippen LogP) is 2.87. The van der Waals surface area contributed by atoms with Crippen molar-refractivity contribution in [1.29, 1.82) is 0 Å². The molecule has 0 radical (unpaired) electrons. The quantitative estimate of drug-likeness (QED) is 0.443. The van der Waals surface area contributed by atoms with Gasteiger partial charge in [0.1, 0.15) is 5.75 Å². The lowest BCUT2D eigenvalue weighted by molar-refractivity contribution is -0.149. The zero-order chi connectivity index (χ0) is 18.6. The fourth-order valence-electron chi connectivity index (χ4n) is 4.06. The number of ether oxygens (including phenoxy) is 2. The Labute approximate surface area is 153 Å². The molecule has 2 N–H and O–H groups in total. The lowest BCUT2D eigenvalue weighted by Crippen LogP contribution is -2.30. The van der Waals surface area contributed by atoms with E-state index in [1.54, 1.807) is 5.48 Å². The summed E-state index contributed by atoms with van der Waals surface area (Å²) in [6.45, 7) is 0.754. The van der Waals surface area contributed by atoms with Gasteiger partial charge in [-0.05, 0) is 49.3 Å². The van der Waals surface area contributed by atoms with E-state index in [1.807, 2.05) is 24.3 Å². The topological polar surface area (TPSA) is 84.9 Å². The molecule has 0 saturated heterocycles. The Morgan fingerprint density at radius 1 is 1.19 bits per heavy atom. The van der Waals surface area contributed by atoms with Crippen LogP contribution in [0.4, 0.5) is 0 Å². The summed E-state index contributed by atoms with van der Waals surface area (Å²) in [7, 11) is 1.32. The van der Waals surface area contributed by atoms with Gasteiger partial charge in [0.2, 0.25) is 5.91 Å². The van der Waals surface area contributed by atoms with E-state index in [0.29, 0.717) is 18.8 Å². The molecule has 142 valence electrons. The van der Waals surface area contributed by atoms with E-state index in [1.165, 1.54) is 39.2 Å². The molecule has 6 heteroatoms. The number of methoxy groups -OCH3 is 1. The molecule has 0 bridgehead atoms. The Morgan fingerprint density at radius 2 is 1.88 bits per heavy atom. The monoisotopic (exact) mass is 361 g/mol. The minimum Gasteiger partial charge on any atom is -0.493 e. The highest BCUT2D eigenvalue weighted by atomic mass is 16.5. The van der Waals surface area contributed by atoms with Crippen molar-refractivity contribution in [2.75, 3.05) is 13.7 Å². The van der Waals surface area contributed by atoms with E-state index < -0.39 is 23.2 Å². The first-order valence-electron chi connectivity index (χ1n) is 9.33. The minimum atomic E-state index is -0.883. The summed E-state index contributed by atoms with van der Waals surface area (Å²) in [6, 6.07) is 7.67. The molecule has 26 heavy (non-hydrogen) atoms. The van der Waals surface area contributed by atoms with Crippen LogP contribution in [0.5, 0.6) is 5.75 Å². The van der Waals surface area contributed by atoms with Crippen molar-refractivity contribution in [3.63, 3.8) is 0 Å². The van der Waals surface area contributed by atoms with E-state index in [0.717, 1.165) is 17.9 Å². The number of rotatable bonds is 7. The average Bonchev–Trinajstić information content (AvgIpc) is 3.42. The second-order valence-electron chi connectivity index (χ2n) is 7.52. The summed E-state index contributed by atoms with van der Waals surface area (Å²) in [6.07, 6.45) is 7.20. The molecule has 0 aromatic heterocycles. The maximum atomic E-state index is 12.2. The molecule has 0 aliphatic heterocycles. The van der Waals surface area contributed by atoms with E-state index >= 15 is 0 Å². The molecule has 6 nitrogen and oxygen atoms in total. The van der Waals surface area contributed by atoms with E-state index in [2.05, 4.69) is 0 Å². The number of carbonyl (C=O) groups is 2. The lowest BCUT2D eigenvalue weighted by Gasteiger charge is -2.21. The van der Waals surface area contributed by atoms with Crippen LogP contribution in [0.2, 0.25) is 0 Å². The van der Waals surface area contributed by atoms with Gasteiger partial charge in [0, 0.05) is 0 Å². The van der Waals surface area contributed by atoms with Gasteiger partial charge >= 0.3 is 5.97 Å². The fourth-order valence-corrected chi connectivity index (χ4v) is 4.06. The smallest absolute Gasteiger partial charge is 0.312 e. The number of hydroxylamine groups is 1. The molecular weight excluding hydrogens is 334 g/mol. The molecule has 2 aliphatic rings. The van der Waals surface area contributed by atoms with Gasteiger partial charge in [-0.3, -0.25) is 14.8 Å². The summed E-state index contributed by atoms with van der Waals surface area (Å²) in [5.74, 6) is -0.0316. The third-order valence-electron chi connectivity index (χ3n) is 5.75. The van der Waals surface area contributed by atoms with Gasteiger partial charge in [0.25, 0.3) is 0 Å². The van der Waals surface area contributed by atoms with Crippen molar-refractivity contribution < 1.29 is 24.3 Å². The van der Waals surface area contributed by atoms with Crippen molar-refractivity contribution >= 4 is 11.9 Å². The Balaban J connectivity index is 1.59. The Kier molecular flexibility index (Phi) is 5.81. The van der Waals surface area contributed by atoms with Crippen molar-refractivity contribution in [3.8, 4) is 5.75 Å². The van der Waals surface area contributed by atoms with Gasteiger partial charge in [-0.25, -0.2) is 5.48 Å². The number of hydrogen-bond donors (Lipinski definition) is 2. The zero-order valence-electron chi connectivity index (χ0n) is 15.2. The van der Waals surface area contributed by atoms with Gasteiger partial charge in [-0.15, -0.1) is 0 Å². The molecule has 2 saturated carbocycles. The van der Waals surface area contributed by atoms with Gasteiger partial charge in [-0.2, -0.15) is 0 Å². The first-order valence-corrected chi connectivity index (χ1v) is 9.33. The van der Waals surface area contributed by atoms with Crippen LogP contribution in [0.15, 0.2) is 24.3 Å². The molecule has 2 fully saturated rings. The maximum absolute atomic E-state index is 12.2. The van der Waals surface area contributed by atoms with E-state index in [-0.39, 0.29) is 0 Å². The largest absolute Gasteiger partial charge is 0.493 e. The van der Waals surface area contributed by atoms with Gasteiger partial charge < -0.3 is 9.47 Å². The summed E-state index contributed by atoms with van der Waals surface area (Å²) in [5, 5.41) is 8.83. The third kappa shape index (κ3) is 4.01. The number of benzene rings is 1. The SMILES string of the molecule is COC(=O)[C@@]1(Cc2ccc(OCC3CCCCC3)cc2)C[C@@H]1C(=O)NO. The van der Waals surface area contributed by atoms with E-state index in [4.69, 9.17) is 14.7 Å². The molecule has 1 aromatic carbocycles. The van der Waals surface area contributed by atoms with Crippen LogP contribution in [0.3, 0.4) is 0 Å². The second-order valence-corrected chi connectivity index (χ2v) is 7.52. The van der Waals surface area contributed by atoms with Gasteiger partial charge in [0.15, 0.2) is 0 Å². The van der Waals surface area contributed by atoms with Crippen LogP contribution in [0, 0.1) is 17.3 Å². The van der Waals surface area contributed by atoms with Crippen LogP contribution >= 0.6 is 0 Å². The number of carbonyl (C=O) groups excluding carboxylic acids is 2. The van der Waals surface area contributed by atoms with Crippen LogP contribution in [-0.2, 0) is 20.7 Å². The molecule has 2 aliphatic carbocycles. The van der Waals surface area contributed by atoms with Crippen LogP contribution in [0.1, 0.15) is 44.1 Å². The molecule has 0 spiro atoms. The lowest BCUT2D eigenvalue weighted by atomic mass is 9.90. The highest BCUT2D eigenvalue weighted by molar-refractivity contribution is 5.93. The van der Waals surface area contributed by atoms with E-state index in [9.17, 15) is 9.59 Å². The Bertz CT molecular complexity index is 638. The van der Waals surface area contributed by atoms with Crippen molar-refractivity contribution in [3.05, 3.63) is 29.8 Å². The highest BCUT2D eigenvalue weighted by Crippen LogP contribution is 2.55. The standard InChI is InChI=1S/C20H27NO5/c1-25-19(23)20(12-17(20)18(22)21-24)11-14-7-9-16(10-8-14)26-13-15-5-3-2-4-6-15/h7-10,15,17,24H,2-6,11-13H2,1H3,(H,21,22)/t17-,20+/m1/s1. The normalized spacial score (nSPS) is 25.4. The highest BCUT2D eigenvalue weighted by Gasteiger charge is 2.64. The molecule has 0 heterocycles. The maximum Gasteiger partial charge on any atom is 0.312 e. The Morgan fingerprint density at radius 3 is 2.50 bits per heavy atom.